The lowest BCUT2D eigenvalue weighted by Crippen LogP contribution is -2.10. The summed E-state index contributed by atoms with van der Waals surface area (Å²) >= 11 is 0. The van der Waals surface area contributed by atoms with Gasteiger partial charge in [0.25, 0.3) is 5.91 Å². The molecule has 3 N–H and O–H groups in total. The van der Waals surface area contributed by atoms with Crippen LogP contribution in [0.15, 0.2) is 41.0 Å². The summed E-state index contributed by atoms with van der Waals surface area (Å²) in [6.07, 6.45) is 1.44. The zero-order valence-electron chi connectivity index (χ0n) is 9.57. The minimum atomic E-state index is -0.178. The Morgan fingerprint density at radius 2 is 2.06 bits per heavy atom. The average molecular weight is 230 g/mol. The van der Waals surface area contributed by atoms with Gasteiger partial charge in [0.05, 0.1) is 5.56 Å². The molecule has 2 rings (SSSR count). The summed E-state index contributed by atoms with van der Waals surface area (Å²) in [6.45, 7) is 2.29. The topological polar surface area (TPSA) is 68.3 Å². The van der Waals surface area contributed by atoms with E-state index in [4.69, 9.17) is 10.2 Å². The fourth-order valence-corrected chi connectivity index (χ4v) is 1.49. The van der Waals surface area contributed by atoms with Gasteiger partial charge >= 0.3 is 0 Å². The molecule has 0 saturated carbocycles. The number of rotatable bonds is 3. The molecule has 1 aromatic heterocycles. The van der Waals surface area contributed by atoms with E-state index in [1.54, 1.807) is 13.0 Å². The number of amides is 1. The highest BCUT2D eigenvalue weighted by molar-refractivity contribution is 6.04. The van der Waals surface area contributed by atoms with Crippen molar-refractivity contribution in [1.29, 1.82) is 0 Å². The Kier molecular flexibility index (Phi) is 3.25. The lowest BCUT2D eigenvalue weighted by Gasteiger charge is -2.04. The summed E-state index contributed by atoms with van der Waals surface area (Å²) in [5.74, 6) is 0.538. The first-order valence-electron chi connectivity index (χ1n) is 5.34. The average Bonchev–Trinajstić information content (AvgIpc) is 2.77. The SMILES string of the molecule is Cc1cc(C(=O)Nc2ccc(CN)cc2)co1. The van der Waals surface area contributed by atoms with Crippen LogP contribution in [0.2, 0.25) is 0 Å². The molecule has 0 radical (unpaired) electrons. The second-order valence-electron chi connectivity index (χ2n) is 3.80. The van der Waals surface area contributed by atoms with E-state index in [0.717, 1.165) is 11.3 Å². The smallest absolute Gasteiger partial charge is 0.258 e. The van der Waals surface area contributed by atoms with Gasteiger partial charge in [-0.1, -0.05) is 12.1 Å². The summed E-state index contributed by atoms with van der Waals surface area (Å²) in [6, 6.07) is 9.12. The van der Waals surface area contributed by atoms with Gasteiger partial charge in [-0.3, -0.25) is 4.79 Å². The van der Waals surface area contributed by atoms with Crippen molar-refractivity contribution in [2.24, 2.45) is 5.73 Å². The summed E-state index contributed by atoms with van der Waals surface area (Å²) in [5, 5.41) is 2.78. The van der Waals surface area contributed by atoms with E-state index in [2.05, 4.69) is 5.32 Å². The Morgan fingerprint density at radius 3 is 2.59 bits per heavy atom. The van der Waals surface area contributed by atoms with Crippen LogP contribution in [0, 0.1) is 6.92 Å². The maximum Gasteiger partial charge on any atom is 0.258 e. The molecule has 88 valence electrons. The number of nitrogens with one attached hydrogen (secondary N) is 1. The van der Waals surface area contributed by atoms with Gasteiger partial charge < -0.3 is 15.5 Å². The molecule has 4 nitrogen and oxygen atoms in total. The highest BCUT2D eigenvalue weighted by atomic mass is 16.3. The number of furan rings is 1. The highest BCUT2D eigenvalue weighted by Crippen LogP contribution is 2.12. The van der Waals surface area contributed by atoms with Crippen molar-refractivity contribution >= 4 is 11.6 Å². The van der Waals surface area contributed by atoms with E-state index >= 15 is 0 Å². The molecule has 0 saturated heterocycles. The van der Waals surface area contributed by atoms with Crippen molar-refractivity contribution < 1.29 is 9.21 Å². The van der Waals surface area contributed by atoms with Crippen LogP contribution in [-0.4, -0.2) is 5.91 Å². The number of anilines is 1. The Bertz CT molecular complexity index is 514. The second kappa shape index (κ2) is 4.84. The number of hydrogen-bond acceptors (Lipinski definition) is 3. The van der Waals surface area contributed by atoms with Crippen LogP contribution in [0.1, 0.15) is 21.7 Å². The van der Waals surface area contributed by atoms with Gasteiger partial charge in [0, 0.05) is 12.2 Å². The minimum absolute atomic E-state index is 0.178. The van der Waals surface area contributed by atoms with Gasteiger partial charge in [-0.25, -0.2) is 0 Å². The van der Waals surface area contributed by atoms with Crippen LogP contribution in [0.5, 0.6) is 0 Å². The van der Waals surface area contributed by atoms with Crippen LogP contribution in [0.25, 0.3) is 0 Å². The molecule has 1 heterocycles. The third kappa shape index (κ3) is 2.73. The van der Waals surface area contributed by atoms with Crippen molar-refractivity contribution in [2.75, 3.05) is 5.32 Å². The Balaban J connectivity index is 2.07. The maximum atomic E-state index is 11.8. The molecule has 1 aromatic carbocycles. The summed E-state index contributed by atoms with van der Waals surface area (Å²) < 4.78 is 5.08. The molecule has 17 heavy (non-hydrogen) atoms. The molecule has 0 aliphatic rings. The standard InChI is InChI=1S/C13H14N2O2/c1-9-6-11(8-17-9)13(16)15-12-4-2-10(7-14)3-5-12/h2-6,8H,7,14H2,1H3,(H,15,16). The molecule has 0 unspecified atom stereocenters. The maximum absolute atomic E-state index is 11.8. The molecular weight excluding hydrogens is 216 g/mol. The molecule has 0 atom stereocenters. The number of carbonyl (C=O) groups excluding carboxylic acids is 1. The molecule has 0 aliphatic heterocycles. The van der Waals surface area contributed by atoms with Crippen molar-refractivity contribution in [2.45, 2.75) is 13.5 Å². The van der Waals surface area contributed by atoms with Gasteiger partial charge in [-0.15, -0.1) is 0 Å². The largest absolute Gasteiger partial charge is 0.469 e. The predicted molar refractivity (Wildman–Crippen MR) is 65.7 cm³/mol. The van der Waals surface area contributed by atoms with Crippen LogP contribution in [-0.2, 0) is 6.54 Å². The van der Waals surface area contributed by atoms with E-state index in [1.165, 1.54) is 6.26 Å². The van der Waals surface area contributed by atoms with Crippen molar-refractivity contribution in [3.8, 4) is 0 Å². The van der Waals surface area contributed by atoms with E-state index in [9.17, 15) is 4.79 Å². The predicted octanol–water partition coefficient (Wildman–Crippen LogP) is 2.30. The first-order valence-corrected chi connectivity index (χ1v) is 5.34. The van der Waals surface area contributed by atoms with Gasteiger partial charge in [0.15, 0.2) is 0 Å². The highest BCUT2D eigenvalue weighted by Gasteiger charge is 2.08. The molecule has 0 bridgehead atoms. The molecule has 0 spiro atoms. The summed E-state index contributed by atoms with van der Waals surface area (Å²) in [5.41, 5.74) is 7.79. The lowest BCUT2D eigenvalue weighted by atomic mass is 10.2. The van der Waals surface area contributed by atoms with E-state index < -0.39 is 0 Å². The van der Waals surface area contributed by atoms with Gasteiger partial charge in [0.2, 0.25) is 0 Å². The van der Waals surface area contributed by atoms with Crippen LogP contribution < -0.4 is 11.1 Å². The van der Waals surface area contributed by atoms with Gasteiger partial charge in [-0.05, 0) is 30.7 Å². The van der Waals surface area contributed by atoms with E-state index in [-0.39, 0.29) is 5.91 Å². The number of aryl methyl sites for hydroxylation is 1. The fourth-order valence-electron chi connectivity index (χ4n) is 1.49. The Labute approximate surface area is 99.4 Å². The normalized spacial score (nSPS) is 10.2. The van der Waals surface area contributed by atoms with E-state index in [1.807, 2.05) is 24.3 Å². The summed E-state index contributed by atoms with van der Waals surface area (Å²) in [7, 11) is 0. The van der Waals surface area contributed by atoms with Crippen LogP contribution >= 0.6 is 0 Å². The molecular formula is C13H14N2O2. The second-order valence-corrected chi connectivity index (χ2v) is 3.80. The zero-order valence-corrected chi connectivity index (χ0v) is 9.57. The lowest BCUT2D eigenvalue weighted by molar-refractivity contribution is 0.102. The molecule has 4 heteroatoms. The third-order valence-corrected chi connectivity index (χ3v) is 2.44. The van der Waals surface area contributed by atoms with Crippen molar-refractivity contribution in [1.82, 2.24) is 0 Å². The quantitative estimate of drug-likeness (QED) is 0.850. The first kappa shape index (κ1) is 11.4. The first-order chi connectivity index (χ1) is 8.19. The fraction of sp³-hybridized carbons (Fsp3) is 0.154. The minimum Gasteiger partial charge on any atom is -0.469 e. The molecule has 1 amide bonds. The number of benzene rings is 1. The van der Waals surface area contributed by atoms with Gasteiger partial charge in [-0.2, -0.15) is 0 Å². The Hall–Kier alpha value is -2.07. The van der Waals surface area contributed by atoms with E-state index in [0.29, 0.717) is 17.9 Å². The third-order valence-electron chi connectivity index (χ3n) is 2.44. The summed E-state index contributed by atoms with van der Waals surface area (Å²) in [4.78, 5) is 11.8. The number of hydrogen-bond donors (Lipinski definition) is 2. The van der Waals surface area contributed by atoms with Crippen LogP contribution in [0.3, 0.4) is 0 Å². The Morgan fingerprint density at radius 1 is 1.35 bits per heavy atom. The van der Waals surface area contributed by atoms with Crippen LogP contribution in [0.4, 0.5) is 5.69 Å². The molecule has 2 aromatic rings. The molecule has 0 aliphatic carbocycles. The number of nitrogens with two attached hydrogens (primary N) is 1. The molecule has 0 fully saturated rings. The van der Waals surface area contributed by atoms with Gasteiger partial charge in [0.1, 0.15) is 12.0 Å². The number of carbonyl (C=O) groups is 1. The van der Waals surface area contributed by atoms with Crippen molar-refractivity contribution in [3.05, 3.63) is 53.5 Å². The monoisotopic (exact) mass is 230 g/mol. The zero-order chi connectivity index (χ0) is 12.3. The van der Waals surface area contributed by atoms with Crippen molar-refractivity contribution in [3.63, 3.8) is 0 Å².